The number of rotatable bonds is 6. The highest BCUT2D eigenvalue weighted by atomic mass is 127. The van der Waals surface area contributed by atoms with Crippen molar-refractivity contribution in [1.82, 2.24) is 25.3 Å². The number of fused-ring (bicyclic) bond motifs is 2. The SMILES string of the molecule is CCNC(=NCCN1CCN(C(=O)C2CCCC2)CC1)NC1CC2CCCC(C1)N2C.I. The van der Waals surface area contributed by atoms with E-state index in [1.165, 1.54) is 44.9 Å². The summed E-state index contributed by atoms with van der Waals surface area (Å²) in [5, 5.41) is 7.19. The molecule has 184 valence electrons. The lowest BCUT2D eigenvalue weighted by Gasteiger charge is -2.47. The lowest BCUT2D eigenvalue weighted by Crippen LogP contribution is -2.56. The van der Waals surface area contributed by atoms with E-state index in [-0.39, 0.29) is 24.0 Å². The van der Waals surface area contributed by atoms with Crippen molar-refractivity contribution in [1.29, 1.82) is 0 Å². The number of nitrogens with zero attached hydrogens (tertiary/aromatic N) is 4. The Balaban J connectivity index is 0.00000289. The first-order valence-corrected chi connectivity index (χ1v) is 12.9. The third-order valence-corrected chi connectivity index (χ3v) is 8.10. The summed E-state index contributed by atoms with van der Waals surface area (Å²) >= 11 is 0. The summed E-state index contributed by atoms with van der Waals surface area (Å²) in [7, 11) is 2.31. The molecule has 3 aliphatic heterocycles. The van der Waals surface area contributed by atoms with Crippen LogP contribution < -0.4 is 10.6 Å². The van der Waals surface area contributed by atoms with E-state index in [1.807, 2.05) is 0 Å². The number of piperazine rings is 1. The van der Waals surface area contributed by atoms with Gasteiger partial charge in [0.25, 0.3) is 0 Å². The van der Waals surface area contributed by atoms with Gasteiger partial charge in [0.2, 0.25) is 5.91 Å². The van der Waals surface area contributed by atoms with Crippen molar-refractivity contribution >= 4 is 35.8 Å². The molecule has 0 spiro atoms. The number of halogens is 1. The average Bonchev–Trinajstić information content (AvgIpc) is 3.29. The second kappa shape index (κ2) is 12.7. The molecule has 1 amide bonds. The molecule has 2 bridgehead atoms. The van der Waals surface area contributed by atoms with E-state index in [2.05, 4.69) is 39.3 Å². The Labute approximate surface area is 212 Å². The van der Waals surface area contributed by atoms with E-state index in [1.54, 1.807) is 0 Å². The number of piperidine rings is 2. The van der Waals surface area contributed by atoms with Gasteiger partial charge in [0.15, 0.2) is 5.96 Å². The predicted octanol–water partition coefficient (Wildman–Crippen LogP) is 2.51. The van der Waals surface area contributed by atoms with E-state index < -0.39 is 0 Å². The Hall–Kier alpha value is -0.610. The highest BCUT2D eigenvalue weighted by Gasteiger charge is 2.36. The summed E-state index contributed by atoms with van der Waals surface area (Å²) in [5.74, 6) is 1.70. The second-order valence-electron chi connectivity index (χ2n) is 10.1. The Morgan fingerprint density at radius 3 is 2.25 bits per heavy atom. The summed E-state index contributed by atoms with van der Waals surface area (Å²) < 4.78 is 0. The van der Waals surface area contributed by atoms with Gasteiger partial charge in [-0.1, -0.05) is 19.3 Å². The number of hydrogen-bond acceptors (Lipinski definition) is 4. The van der Waals surface area contributed by atoms with Crippen LogP contribution in [0.25, 0.3) is 0 Å². The second-order valence-corrected chi connectivity index (χ2v) is 10.1. The molecule has 1 saturated carbocycles. The third-order valence-electron chi connectivity index (χ3n) is 8.10. The van der Waals surface area contributed by atoms with Crippen LogP contribution in [0.1, 0.15) is 64.7 Å². The van der Waals surface area contributed by atoms with Crippen molar-refractivity contribution in [3.05, 3.63) is 0 Å². The number of amides is 1. The zero-order valence-electron chi connectivity index (χ0n) is 20.2. The van der Waals surface area contributed by atoms with Crippen LogP contribution in [0.4, 0.5) is 0 Å². The maximum absolute atomic E-state index is 12.6. The average molecular weight is 561 g/mol. The van der Waals surface area contributed by atoms with Crippen LogP contribution in [-0.4, -0.2) is 97.6 Å². The maximum Gasteiger partial charge on any atom is 0.225 e. The van der Waals surface area contributed by atoms with Crippen molar-refractivity contribution in [3.8, 4) is 0 Å². The molecule has 4 fully saturated rings. The molecule has 0 radical (unpaired) electrons. The molecule has 4 rings (SSSR count). The van der Waals surface area contributed by atoms with Crippen LogP contribution in [0.3, 0.4) is 0 Å². The molecule has 2 N–H and O–H groups in total. The molecule has 3 saturated heterocycles. The van der Waals surface area contributed by atoms with Crippen LogP contribution in [0.5, 0.6) is 0 Å². The van der Waals surface area contributed by atoms with E-state index in [4.69, 9.17) is 4.99 Å². The van der Waals surface area contributed by atoms with Gasteiger partial charge in [-0.15, -0.1) is 24.0 Å². The van der Waals surface area contributed by atoms with E-state index in [0.29, 0.717) is 17.9 Å². The fraction of sp³-hybridized carbons (Fsp3) is 0.917. The molecular formula is C24H45IN6O. The van der Waals surface area contributed by atoms with Crippen LogP contribution >= 0.6 is 24.0 Å². The van der Waals surface area contributed by atoms with Crippen molar-refractivity contribution in [2.45, 2.75) is 82.8 Å². The Morgan fingerprint density at radius 2 is 1.62 bits per heavy atom. The molecule has 7 nitrogen and oxygen atoms in total. The van der Waals surface area contributed by atoms with Crippen molar-refractivity contribution in [2.24, 2.45) is 10.9 Å². The quantitative estimate of drug-likeness (QED) is 0.297. The minimum Gasteiger partial charge on any atom is -0.357 e. The Morgan fingerprint density at radius 1 is 0.969 bits per heavy atom. The summed E-state index contributed by atoms with van der Waals surface area (Å²) in [6, 6.07) is 2.00. The van der Waals surface area contributed by atoms with E-state index >= 15 is 0 Å². The standard InChI is InChI=1S/C24H44N6O.HI/c1-3-25-24(27-20-17-21-9-6-10-22(18-20)28(21)2)26-11-12-29-13-15-30(16-14-29)23(31)19-7-4-5-8-19;/h19-22H,3-18H2,1-2H3,(H2,25,26,27);1H. The van der Waals surface area contributed by atoms with Gasteiger partial charge in [-0.2, -0.15) is 0 Å². The number of hydrogen-bond donors (Lipinski definition) is 2. The fourth-order valence-corrected chi connectivity index (χ4v) is 6.17. The molecule has 2 unspecified atom stereocenters. The lowest BCUT2D eigenvalue weighted by atomic mass is 9.82. The molecule has 3 heterocycles. The smallest absolute Gasteiger partial charge is 0.225 e. The normalized spacial score (nSPS) is 30.1. The first kappa shape index (κ1) is 26.0. The number of nitrogens with one attached hydrogen (secondary N) is 2. The van der Waals surface area contributed by atoms with Crippen molar-refractivity contribution < 1.29 is 4.79 Å². The van der Waals surface area contributed by atoms with Crippen LogP contribution in [-0.2, 0) is 4.79 Å². The summed E-state index contributed by atoms with van der Waals surface area (Å²) in [6.45, 7) is 8.55. The van der Waals surface area contributed by atoms with Gasteiger partial charge in [0.05, 0.1) is 6.54 Å². The zero-order valence-corrected chi connectivity index (χ0v) is 22.6. The minimum absolute atomic E-state index is 0. The number of carbonyl (C=O) groups excluding carboxylic acids is 1. The molecule has 8 heteroatoms. The number of aliphatic imine (C=N–C) groups is 1. The van der Waals surface area contributed by atoms with Crippen LogP contribution in [0.2, 0.25) is 0 Å². The highest BCUT2D eigenvalue weighted by molar-refractivity contribution is 14.0. The van der Waals surface area contributed by atoms with E-state index in [9.17, 15) is 4.79 Å². The predicted molar refractivity (Wildman–Crippen MR) is 142 cm³/mol. The molecule has 2 atom stereocenters. The Bertz CT molecular complexity index is 604. The lowest BCUT2D eigenvalue weighted by molar-refractivity contribution is -0.137. The topological polar surface area (TPSA) is 63.2 Å². The van der Waals surface area contributed by atoms with Gasteiger partial charge in [-0.3, -0.25) is 14.7 Å². The summed E-state index contributed by atoms with van der Waals surface area (Å²) in [6.07, 6.45) is 11.2. The van der Waals surface area contributed by atoms with Gasteiger partial charge < -0.3 is 20.4 Å². The van der Waals surface area contributed by atoms with Crippen LogP contribution in [0.15, 0.2) is 4.99 Å². The molecule has 1 aliphatic carbocycles. The van der Waals surface area contributed by atoms with Gasteiger partial charge in [-0.05, 0) is 52.5 Å². The van der Waals surface area contributed by atoms with Gasteiger partial charge in [-0.25, -0.2) is 0 Å². The zero-order chi connectivity index (χ0) is 21.6. The molecule has 0 aromatic heterocycles. The minimum atomic E-state index is 0. The fourth-order valence-electron chi connectivity index (χ4n) is 6.17. The first-order valence-electron chi connectivity index (χ1n) is 12.9. The van der Waals surface area contributed by atoms with E-state index in [0.717, 1.165) is 76.7 Å². The van der Waals surface area contributed by atoms with Gasteiger partial charge >= 0.3 is 0 Å². The highest BCUT2D eigenvalue weighted by Crippen LogP contribution is 2.32. The molecule has 32 heavy (non-hydrogen) atoms. The molecule has 0 aromatic rings. The maximum atomic E-state index is 12.6. The largest absolute Gasteiger partial charge is 0.357 e. The van der Waals surface area contributed by atoms with Crippen molar-refractivity contribution in [2.75, 3.05) is 52.9 Å². The monoisotopic (exact) mass is 560 g/mol. The van der Waals surface area contributed by atoms with Crippen LogP contribution in [0, 0.1) is 5.92 Å². The first-order chi connectivity index (χ1) is 15.1. The third kappa shape index (κ3) is 6.72. The number of carbonyl (C=O) groups is 1. The molecular weight excluding hydrogens is 515 g/mol. The Kier molecular flexibility index (Phi) is 10.4. The van der Waals surface area contributed by atoms with Gasteiger partial charge in [0.1, 0.15) is 0 Å². The summed E-state index contributed by atoms with van der Waals surface area (Å²) in [4.78, 5) is 24.7. The van der Waals surface area contributed by atoms with Gasteiger partial charge in [0, 0.05) is 63.3 Å². The number of guanidine groups is 1. The summed E-state index contributed by atoms with van der Waals surface area (Å²) in [5.41, 5.74) is 0. The molecule has 0 aromatic carbocycles. The molecule has 4 aliphatic rings. The van der Waals surface area contributed by atoms with Crippen molar-refractivity contribution in [3.63, 3.8) is 0 Å².